The molecule has 1 heterocycles. The molecule has 1 aliphatic rings. The first-order valence-corrected chi connectivity index (χ1v) is 4.55. The summed E-state index contributed by atoms with van der Waals surface area (Å²) in [6, 6.07) is -1.05. The van der Waals surface area contributed by atoms with Crippen LogP contribution in [0.15, 0.2) is 0 Å². The van der Waals surface area contributed by atoms with E-state index in [0.29, 0.717) is 0 Å². The van der Waals surface area contributed by atoms with Crippen LogP contribution >= 0.6 is 0 Å². The second kappa shape index (κ2) is 4.86. The minimum absolute atomic E-state index is 0.455. The van der Waals surface area contributed by atoms with Crippen molar-refractivity contribution >= 4 is 5.91 Å². The quantitative estimate of drug-likeness (QED) is 0.337. The number of carbonyl (C=O) groups is 1. The van der Waals surface area contributed by atoms with Crippen LogP contribution in [0.1, 0.15) is 6.92 Å². The zero-order valence-corrected chi connectivity index (χ0v) is 8.20. The molecular formula is C8H15NO6. The van der Waals surface area contributed by atoms with Gasteiger partial charge in [-0.25, -0.2) is 0 Å². The van der Waals surface area contributed by atoms with Crippen LogP contribution in [0.25, 0.3) is 0 Å². The third kappa shape index (κ3) is 2.64. The van der Waals surface area contributed by atoms with E-state index in [1.807, 2.05) is 0 Å². The first-order valence-electron chi connectivity index (χ1n) is 4.55. The highest BCUT2D eigenvalue weighted by molar-refractivity contribution is 5.73. The molecule has 88 valence electrons. The Morgan fingerprint density at radius 1 is 1.33 bits per heavy atom. The van der Waals surface area contributed by atoms with E-state index in [-0.39, 0.29) is 0 Å². The monoisotopic (exact) mass is 221 g/mol. The van der Waals surface area contributed by atoms with Crippen molar-refractivity contribution in [2.45, 2.75) is 37.6 Å². The van der Waals surface area contributed by atoms with Gasteiger partial charge >= 0.3 is 0 Å². The molecule has 1 fully saturated rings. The van der Waals surface area contributed by atoms with E-state index in [9.17, 15) is 20.1 Å². The SMILES string of the molecule is CC(=O)N[C@@H]1[C@@H](O)[C@H](O)O[C@H](CO)[C@H]1O. The van der Waals surface area contributed by atoms with Gasteiger partial charge in [-0.15, -0.1) is 0 Å². The van der Waals surface area contributed by atoms with Crippen molar-refractivity contribution in [2.24, 2.45) is 0 Å². The van der Waals surface area contributed by atoms with Gasteiger partial charge in [-0.05, 0) is 0 Å². The molecule has 0 radical (unpaired) electrons. The lowest BCUT2D eigenvalue weighted by molar-refractivity contribution is -0.261. The summed E-state index contributed by atoms with van der Waals surface area (Å²) in [4.78, 5) is 10.8. The van der Waals surface area contributed by atoms with Gasteiger partial charge in [0.05, 0.1) is 12.6 Å². The largest absolute Gasteiger partial charge is 0.394 e. The number of ether oxygens (including phenoxy) is 1. The molecule has 0 aliphatic carbocycles. The highest BCUT2D eigenvalue weighted by Crippen LogP contribution is 2.19. The fourth-order valence-electron chi connectivity index (χ4n) is 1.51. The van der Waals surface area contributed by atoms with Crippen molar-refractivity contribution in [1.82, 2.24) is 5.32 Å². The molecule has 15 heavy (non-hydrogen) atoms. The summed E-state index contributed by atoms with van der Waals surface area (Å²) in [6.45, 7) is 0.705. The third-order valence-corrected chi connectivity index (χ3v) is 2.27. The minimum atomic E-state index is -1.54. The van der Waals surface area contributed by atoms with Crippen molar-refractivity contribution in [1.29, 1.82) is 0 Å². The summed E-state index contributed by atoms with van der Waals surface area (Å²) in [5, 5.41) is 39.4. The van der Waals surface area contributed by atoms with Gasteiger partial charge in [0, 0.05) is 6.92 Å². The predicted molar refractivity (Wildman–Crippen MR) is 47.6 cm³/mol. The number of rotatable bonds is 2. The summed E-state index contributed by atoms with van der Waals surface area (Å²) < 4.78 is 4.73. The Hall–Kier alpha value is -0.730. The number of hydrogen-bond acceptors (Lipinski definition) is 6. The smallest absolute Gasteiger partial charge is 0.217 e. The van der Waals surface area contributed by atoms with E-state index in [4.69, 9.17) is 9.84 Å². The number of amides is 1. The van der Waals surface area contributed by atoms with Gasteiger partial charge in [-0.3, -0.25) is 4.79 Å². The Morgan fingerprint density at radius 3 is 2.40 bits per heavy atom. The Morgan fingerprint density at radius 2 is 1.93 bits per heavy atom. The van der Waals surface area contributed by atoms with Gasteiger partial charge in [0.15, 0.2) is 6.29 Å². The second-order valence-electron chi connectivity index (χ2n) is 3.46. The maximum Gasteiger partial charge on any atom is 0.217 e. The van der Waals surface area contributed by atoms with Crippen LogP contribution in [0.5, 0.6) is 0 Å². The zero-order valence-electron chi connectivity index (χ0n) is 8.20. The van der Waals surface area contributed by atoms with Crippen molar-refractivity contribution in [3.8, 4) is 0 Å². The highest BCUT2D eigenvalue weighted by atomic mass is 16.6. The fraction of sp³-hybridized carbons (Fsp3) is 0.875. The van der Waals surface area contributed by atoms with Gasteiger partial charge in [0.2, 0.25) is 5.91 Å². The molecule has 5 N–H and O–H groups in total. The van der Waals surface area contributed by atoms with Crippen LogP contribution in [-0.4, -0.2) is 63.6 Å². The molecule has 1 aliphatic heterocycles. The van der Waals surface area contributed by atoms with E-state index < -0.39 is 43.2 Å². The summed E-state index contributed by atoms with van der Waals surface area (Å²) >= 11 is 0. The number of nitrogens with one attached hydrogen (secondary N) is 1. The molecule has 7 nitrogen and oxygen atoms in total. The first kappa shape index (κ1) is 12.3. The maximum absolute atomic E-state index is 10.8. The summed E-state index contributed by atoms with van der Waals surface area (Å²) in [5.74, 6) is -0.455. The second-order valence-corrected chi connectivity index (χ2v) is 3.46. The molecule has 1 saturated heterocycles. The Balaban J connectivity index is 2.74. The molecular weight excluding hydrogens is 206 g/mol. The molecule has 0 aromatic carbocycles. The topological polar surface area (TPSA) is 119 Å². The average Bonchev–Trinajstić information content (AvgIpc) is 2.18. The lowest BCUT2D eigenvalue weighted by Crippen LogP contribution is -2.64. The van der Waals surface area contributed by atoms with Crippen molar-refractivity contribution in [3.63, 3.8) is 0 Å². The van der Waals surface area contributed by atoms with Crippen LogP contribution < -0.4 is 5.32 Å². The Labute approximate surface area is 86.3 Å². The molecule has 1 rings (SSSR count). The van der Waals surface area contributed by atoms with Gasteiger partial charge in [-0.1, -0.05) is 0 Å². The minimum Gasteiger partial charge on any atom is -0.394 e. The third-order valence-electron chi connectivity index (χ3n) is 2.27. The van der Waals surface area contributed by atoms with Gasteiger partial charge in [0.25, 0.3) is 0 Å². The zero-order chi connectivity index (χ0) is 11.6. The van der Waals surface area contributed by atoms with E-state index in [0.717, 1.165) is 0 Å². The Bertz CT molecular complexity index is 235. The van der Waals surface area contributed by atoms with Crippen LogP contribution in [0.4, 0.5) is 0 Å². The van der Waals surface area contributed by atoms with Crippen LogP contribution in [0, 0.1) is 0 Å². The summed E-state index contributed by atoms with van der Waals surface area (Å²) in [6.07, 6.45) is -5.26. The van der Waals surface area contributed by atoms with Crippen LogP contribution in [0.3, 0.4) is 0 Å². The predicted octanol–water partition coefficient (Wildman–Crippen LogP) is -3.08. The molecule has 0 bridgehead atoms. The highest BCUT2D eigenvalue weighted by Gasteiger charge is 2.43. The Kier molecular flexibility index (Phi) is 4.00. The molecule has 0 aromatic heterocycles. The number of carbonyl (C=O) groups excluding carboxylic acids is 1. The lowest BCUT2D eigenvalue weighted by atomic mass is 9.96. The maximum atomic E-state index is 10.8. The van der Waals surface area contributed by atoms with Crippen molar-refractivity contribution in [3.05, 3.63) is 0 Å². The van der Waals surface area contributed by atoms with Crippen molar-refractivity contribution < 1.29 is 30.0 Å². The molecule has 0 spiro atoms. The molecule has 1 amide bonds. The van der Waals surface area contributed by atoms with E-state index in [2.05, 4.69) is 5.32 Å². The standard InChI is InChI=1S/C8H15NO6/c1-3(11)9-5-6(12)4(2-10)15-8(14)7(5)13/h4-8,10,12-14H,2H2,1H3,(H,9,11)/t4-,5+,6-,7-,8-/m1/s1. The van der Waals surface area contributed by atoms with Gasteiger partial charge in [0.1, 0.15) is 18.3 Å². The lowest BCUT2D eigenvalue weighted by Gasteiger charge is -2.40. The fourth-order valence-corrected chi connectivity index (χ4v) is 1.51. The number of hydrogen-bond donors (Lipinski definition) is 5. The van der Waals surface area contributed by atoms with Crippen LogP contribution in [-0.2, 0) is 9.53 Å². The van der Waals surface area contributed by atoms with E-state index in [1.165, 1.54) is 6.92 Å². The van der Waals surface area contributed by atoms with E-state index in [1.54, 1.807) is 0 Å². The number of aliphatic hydroxyl groups excluding tert-OH is 4. The summed E-state index contributed by atoms with van der Waals surface area (Å²) in [5.41, 5.74) is 0. The average molecular weight is 221 g/mol. The first-order chi connectivity index (χ1) is 6.97. The molecule has 0 aromatic rings. The molecule has 0 saturated carbocycles. The molecule has 0 unspecified atom stereocenters. The van der Waals surface area contributed by atoms with E-state index >= 15 is 0 Å². The number of aliphatic hydroxyl groups is 4. The molecule has 7 heteroatoms. The van der Waals surface area contributed by atoms with Crippen LogP contribution in [0.2, 0.25) is 0 Å². The van der Waals surface area contributed by atoms with Crippen molar-refractivity contribution in [2.75, 3.05) is 6.61 Å². The normalized spacial score (nSPS) is 41.3. The summed E-state index contributed by atoms with van der Waals surface area (Å²) in [7, 11) is 0. The van der Waals surface area contributed by atoms with Gasteiger partial charge < -0.3 is 30.5 Å². The molecule has 5 atom stereocenters. The van der Waals surface area contributed by atoms with Gasteiger partial charge in [-0.2, -0.15) is 0 Å².